The Morgan fingerprint density at radius 1 is 1.12 bits per heavy atom. The third kappa shape index (κ3) is 3.90. The lowest BCUT2D eigenvalue weighted by molar-refractivity contribution is -0.175. The Hall–Kier alpha value is -1.27. The van der Waals surface area contributed by atoms with Crippen molar-refractivity contribution >= 4 is 11.9 Å². The van der Waals surface area contributed by atoms with E-state index in [0.717, 1.165) is 6.42 Å². The first-order valence-corrected chi connectivity index (χ1v) is 5.43. The van der Waals surface area contributed by atoms with Gasteiger partial charge in [0.2, 0.25) is 0 Å². The first kappa shape index (κ1) is 13.8. The summed E-state index contributed by atoms with van der Waals surface area (Å²) in [5.74, 6) is -4.14. The van der Waals surface area contributed by atoms with E-state index in [1.165, 1.54) is 0 Å². The van der Waals surface area contributed by atoms with Crippen molar-refractivity contribution in [1.29, 1.82) is 0 Å². The number of aliphatic carboxylic acids is 1. The highest BCUT2D eigenvalue weighted by Gasteiger charge is 2.41. The lowest BCUT2D eigenvalue weighted by Gasteiger charge is -2.23. The maximum absolute atomic E-state index is 12.1. The van der Waals surface area contributed by atoms with Gasteiger partial charge in [0.05, 0.1) is 5.92 Å². The Kier molecular flexibility index (Phi) is 4.36. The van der Waals surface area contributed by atoms with Crippen LogP contribution in [0.1, 0.15) is 32.1 Å². The molecule has 1 rings (SSSR count). The smallest absolute Gasteiger partial charge is 0.471 e. The standard InChI is InChI=1S/C10H14F3NO3/c11-10(12,13)9(17)14-7-5-3-1-2-4-6(7)8(15)16/h6-7H,1-5H2,(H,14,17)(H,15,16)/t6-,7+/m1/s1. The van der Waals surface area contributed by atoms with E-state index >= 15 is 0 Å². The molecule has 0 aliphatic heterocycles. The van der Waals surface area contributed by atoms with Crippen molar-refractivity contribution < 1.29 is 27.9 Å². The van der Waals surface area contributed by atoms with Gasteiger partial charge in [-0.2, -0.15) is 13.2 Å². The van der Waals surface area contributed by atoms with E-state index in [-0.39, 0.29) is 6.42 Å². The third-order valence-corrected chi connectivity index (χ3v) is 2.91. The average molecular weight is 253 g/mol. The van der Waals surface area contributed by atoms with Crippen molar-refractivity contribution in [2.75, 3.05) is 0 Å². The predicted molar refractivity (Wildman–Crippen MR) is 52.2 cm³/mol. The summed E-state index contributed by atoms with van der Waals surface area (Å²) in [4.78, 5) is 21.7. The normalized spacial score (nSPS) is 26.1. The second-order valence-electron chi connectivity index (χ2n) is 4.16. The first-order chi connectivity index (χ1) is 7.82. The molecule has 2 atom stereocenters. The van der Waals surface area contributed by atoms with Crippen molar-refractivity contribution in [3.63, 3.8) is 0 Å². The van der Waals surface area contributed by atoms with Gasteiger partial charge in [0, 0.05) is 6.04 Å². The molecular weight excluding hydrogens is 239 g/mol. The van der Waals surface area contributed by atoms with Crippen LogP contribution in [0.4, 0.5) is 13.2 Å². The second kappa shape index (κ2) is 5.37. The number of carboxylic acids is 1. The van der Waals surface area contributed by atoms with Gasteiger partial charge in [0.25, 0.3) is 0 Å². The molecule has 0 unspecified atom stereocenters. The van der Waals surface area contributed by atoms with Crippen LogP contribution in [0.25, 0.3) is 0 Å². The summed E-state index contributed by atoms with van der Waals surface area (Å²) in [7, 11) is 0. The molecule has 0 aromatic carbocycles. The molecule has 0 saturated heterocycles. The van der Waals surface area contributed by atoms with Gasteiger partial charge in [-0.3, -0.25) is 9.59 Å². The Labute approximate surface area is 96.2 Å². The van der Waals surface area contributed by atoms with E-state index in [1.54, 1.807) is 5.32 Å². The minimum atomic E-state index is -4.96. The number of carboxylic acid groups (broad SMARTS) is 1. The Balaban J connectivity index is 2.70. The van der Waals surface area contributed by atoms with Gasteiger partial charge in [0.1, 0.15) is 0 Å². The van der Waals surface area contributed by atoms with Gasteiger partial charge in [-0.25, -0.2) is 0 Å². The summed E-state index contributed by atoms with van der Waals surface area (Å²) < 4.78 is 36.2. The van der Waals surface area contributed by atoms with Crippen molar-refractivity contribution in [1.82, 2.24) is 5.32 Å². The number of halogens is 3. The molecule has 1 amide bonds. The molecule has 1 fully saturated rings. The molecule has 1 aliphatic carbocycles. The van der Waals surface area contributed by atoms with E-state index in [2.05, 4.69) is 0 Å². The Morgan fingerprint density at radius 3 is 2.24 bits per heavy atom. The molecule has 17 heavy (non-hydrogen) atoms. The number of carbonyl (C=O) groups is 2. The van der Waals surface area contributed by atoms with E-state index in [0.29, 0.717) is 19.3 Å². The van der Waals surface area contributed by atoms with Crippen LogP contribution in [-0.4, -0.2) is 29.2 Å². The Bertz CT molecular complexity index is 304. The molecule has 0 heterocycles. The molecule has 4 nitrogen and oxygen atoms in total. The number of hydrogen-bond donors (Lipinski definition) is 2. The van der Waals surface area contributed by atoms with E-state index in [4.69, 9.17) is 5.11 Å². The fraction of sp³-hybridized carbons (Fsp3) is 0.800. The fourth-order valence-electron chi connectivity index (χ4n) is 2.03. The van der Waals surface area contributed by atoms with Gasteiger partial charge in [0.15, 0.2) is 0 Å². The van der Waals surface area contributed by atoms with E-state index < -0.39 is 30.0 Å². The maximum atomic E-state index is 12.1. The van der Waals surface area contributed by atoms with Crippen LogP contribution in [0.3, 0.4) is 0 Å². The number of nitrogens with one attached hydrogen (secondary N) is 1. The van der Waals surface area contributed by atoms with Gasteiger partial charge >= 0.3 is 18.1 Å². The molecule has 2 N–H and O–H groups in total. The van der Waals surface area contributed by atoms with Crippen molar-refractivity contribution in [3.8, 4) is 0 Å². The molecule has 1 saturated carbocycles. The summed E-state index contributed by atoms with van der Waals surface area (Å²) in [5, 5.41) is 10.7. The summed E-state index contributed by atoms with van der Waals surface area (Å²) in [5.41, 5.74) is 0. The van der Waals surface area contributed by atoms with Crippen molar-refractivity contribution in [2.45, 2.75) is 44.3 Å². The van der Waals surface area contributed by atoms with Gasteiger partial charge < -0.3 is 10.4 Å². The molecule has 0 spiro atoms. The number of amides is 1. The summed E-state index contributed by atoms with van der Waals surface area (Å²) in [6, 6.07) is -0.927. The SMILES string of the molecule is O=C(O)[C@@H]1CCCCC[C@@H]1NC(=O)C(F)(F)F. The maximum Gasteiger partial charge on any atom is 0.471 e. The number of rotatable bonds is 2. The highest BCUT2D eigenvalue weighted by molar-refractivity contribution is 5.82. The third-order valence-electron chi connectivity index (χ3n) is 2.91. The van der Waals surface area contributed by atoms with Gasteiger partial charge in [-0.1, -0.05) is 19.3 Å². The van der Waals surface area contributed by atoms with E-state index in [1.807, 2.05) is 0 Å². The lowest BCUT2D eigenvalue weighted by Crippen LogP contribution is -2.47. The highest BCUT2D eigenvalue weighted by Crippen LogP contribution is 2.25. The molecule has 1 aliphatic rings. The lowest BCUT2D eigenvalue weighted by atomic mass is 9.95. The highest BCUT2D eigenvalue weighted by atomic mass is 19.4. The van der Waals surface area contributed by atoms with Gasteiger partial charge in [-0.15, -0.1) is 0 Å². The second-order valence-corrected chi connectivity index (χ2v) is 4.16. The fourth-order valence-corrected chi connectivity index (χ4v) is 2.03. The van der Waals surface area contributed by atoms with Crippen LogP contribution >= 0.6 is 0 Å². The Morgan fingerprint density at radius 2 is 1.71 bits per heavy atom. The molecule has 0 aromatic heterocycles. The zero-order valence-electron chi connectivity index (χ0n) is 9.09. The molecule has 0 radical (unpaired) electrons. The molecular formula is C10H14F3NO3. The van der Waals surface area contributed by atoms with Crippen molar-refractivity contribution in [2.24, 2.45) is 5.92 Å². The number of hydrogen-bond acceptors (Lipinski definition) is 2. The van der Waals surface area contributed by atoms with Crippen molar-refractivity contribution in [3.05, 3.63) is 0 Å². The quantitative estimate of drug-likeness (QED) is 0.736. The summed E-state index contributed by atoms with van der Waals surface area (Å²) in [6.45, 7) is 0. The summed E-state index contributed by atoms with van der Waals surface area (Å²) in [6.07, 6.45) is -2.31. The molecule has 7 heteroatoms. The summed E-state index contributed by atoms with van der Waals surface area (Å²) >= 11 is 0. The number of carbonyl (C=O) groups excluding carboxylic acids is 1. The van der Waals surface area contributed by atoms with Crippen LogP contribution in [0.15, 0.2) is 0 Å². The zero-order valence-corrected chi connectivity index (χ0v) is 9.09. The minimum Gasteiger partial charge on any atom is -0.481 e. The van der Waals surface area contributed by atoms with Crippen LogP contribution < -0.4 is 5.32 Å². The van der Waals surface area contributed by atoms with E-state index in [9.17, 15) is 22.8 Å². The topological polar surface area (TPSA) is 66.4 Å². The monoisotopic (exact) mass is 253 g/mol. The first-order valence-electron chi connectivity index (χ1n) is 5.43. The number of alkyl halides is 3. The zero-order chi connectivity index (χ0) is 13.1. The molecule has 98 valence electrons. The minimum absolute atomic E-state index is 0.277. The predicted octanol–water partition coefficient (Wildman–Crippen LogP) is 1.70. The largest absolute Gasteiger partial charge is 0.481 e. The van der Waals surface area contributed by atoms with Crippen LogP contribution in [0, 0.1) is 5.92 Å². The average Bonchev–Trinajstić information content (AvgIpc) is 2.41. The van der Waals surface area contributed by atoms with Crippen LogP contribution in [-0.2, 0) is 9.59 Å². The molecule has 0 aromatic rings. The van der Waals surface area contributed by atoms with Gasteiger partial charge in [-0.05, 0) is 12.8 Å². The van der Waals surface area contributed by atoms with Crippen LogP contribution in [0.2, 0.25) is 0 Å². The molecule has 0 bridgehead atoms. The van der Waals surface area contributed by atoms with Crippen LogP contribution in [0.5, 0.6) is 0 Å².